The number of hydrogen-bond acceptors (Lipinski definition) is 3. The number of nitrogens with one attached hydrogen (secondary N) is 2. The molecule has 98 valence electrons. The molecule has 1 atom stereocenters. The summed E-state index contributed by atoms with van der Waals surface area (Å²) < 4.78 is 0. The van der Waals surface area contributed by atoms with E-state index in [9.17, 15) is 9.59 Å². The second-order valence-corrected chi connectivity index (χ2v) is 3.98. The molecule has 0 aromatic heterocycles. The van der Waals surface area contributed by atoms with Gasteiger partial charge in [-0.2, -0.15) is 0 Å². The average Bonchev–Trinajstić information content (AvgIpc) is 2.35. The van der Waals surface area contributed by atoms with Crippen LogP contribution in [0.25, 0.3) is 0 Å². The lowest BCUT2D eigenvalue weighted by molar-refractivity contribution is -0.146. The highest BCUT2D eigenvalue weighted by Crippen LogP contribution is 2.08. The molecule has 4 N–H and O–H groups in total. The molecule has 7 heteroatoms. The number of carbonyl (C=O) groups excluding carboxylic acids is 1. The van der Waals surface area contributed by atoms with E-state index in [1.165, 1.54) is 0 Å². The average molecular weight is 273 g/mol. The van der Waals surface area contributed by atoms with Crippen LogP contribution in [0.2, 0.25) is 5.02 Å². The molecule has 18 heavy (non-hydrogen) atoms. The predicted molar refractivity (Wildman–Crippen MR) is 65.3 cm³/mol. The summed E-state index contributed by atoms with van der Waals surface area (Å²) in [5.41, 5.74) is 0.855. The number of hydrogen-bond donors (Lipinski definition) is 4. The number of rotatable bonds is 5. The van der Waals surface area contributed by atoms with Gasteiger partial charge in [-0.05, 0) is 17.7 Å². The Morgan fingerprint density at radius 1 is 1.22 bits per heavy atom. The molecular weight excluding hydrogens is 260 g/mol. The molecule has 0 bridgehead atoms. The molecule has 0 fully saturated rings. The number of carboxylic acids is 1. The van der Waals surface area contributed by atoms with Crippen LogP contribution in [0.15, 0.2) is 24.3 Å². The van der Waals surface area contributed by atoms with Crippen molar-refractivity contribution < 1.29 is 19.8 Å². The van der Waals surface area contributed by atoms with Gasteiger partial charge in [-0.3, -0.25) is 0 Å². The van der Waals surface area contributed by atoms with Crippen LogP contribution in [-0.4, -0.2) is 34.9 Å². The molecule has 0 unspecified atom stereocenters. The van der Waals surface area contributed by atoms with Crippen molar-refractivity contribution in [3.63, 3.8) is 0 Å². The summed E-state index contributed by atoms with van der Waals surface area (Å²) in [6.07, 6.45) is -1.61. The first-order chi connectivity index (χ1) is 8.49. The third-order valence-electron chi connectivity index (χ3n) is 2.11. The summed E-state index contributed by atoms with van der Waals surface area (Å²) in [6.45, 7) is -0.0616. The molecule has 2 amide bonds. The van der Waals surface area contributed by atoms with Gasteiger partial charge in [-0.1, -0.05) is 23.7 Å². The molecule has 6 nitrogen and oxygen atoms in total. The Labute approximate surface area is 109 Å². The van der Waals surface area contributed by atoms with E-state index in [-0.39, 0.29) is 13.1 Å². The monoisotopic (exact) mass is 272 g/mol. The molecule has 1 aromatic carbocycles. The maximum Gasteiger partial charge on any atom is 0.334 e. The Hall–Kier alpha value is -1.79. The van der Waals surface area contributed by atoms with E-state index >= 15 is 0 Å². The number of urea groups is 1. The van der Waals surface area contributed by atoms with Gasteiger partial charge in [-0.15, -0.1) is 0 Å². The van der Waals surface area contributed by atoms with E-state index < -0.39 is 18.1 Å². The van der Waals surface area contributed by atoms with Crippen LogP contribution >= 0.6 is 11.6 Å². The molecule has 0 heterocycles. The number of aliphatic hydroxyl groups is 1. The Morgan fingerprint density at radius 3 is 2.39 bits per heavy atom. The highest BCUT2D eigenvalue weighted by atomic mass is 35.5. The minimum Gasteiger partial charge on any atom is -0.479 e. The number of halogens is 1. The summed E-state index contributed by atoms with van der Waals surface area (Å²) >= 11 is 5.71. The van der Waals surface area contributed by atoms with Crippen LogP contribution < -0.4 is 10.6 Å². The highest BCUT2D eigenvalue weighted by Gasteiger charge is 2.13. The van der Waals surface area contributed by atoms with Crippen molar-refractivity contribution >= 4 is 23.6 Å². The van der Waals surface area contributed by atoms with Crippen LogP contribution in [0.1, 0.15) is 5.56 Å². The largest absolute Gasteiger partial charge is 0.479 e. The molecular formula is C11H13ClN2O4. The van der Waals surface area contributed by atoms with Crippen LogP contribution in [0.4, 0.5) is 4.79 Å². The molecule has 0 saturated carbocycles. The normalized spacial score (nSPS) is 11.7. The molecule has 0 radical (unpaired) electrons. The zero-order valence-corrected chi connectivity index (χ0v) is 10.1. The quantitative estimate of drug-likeness (QED) is 0.630. The number of benzene rings is 1. The number of carbonyl (C=O) groups is 2. The number of aliphatic hydroxyl groups excluding tert-OH is 1. The summed E-state index contributed by atoms with van der Waals surface area (Å²) in [5, 5.41) is 22.7. The van der Waals surface area contributed by atoms with E-state index in [2.05, 4.69) is 10.6 Å². The third-order valence-corrected chi connectivity index (χ3v) is 2.36. The smallest absolute Gasteiger partial charge is 0.334 e. The Balaban J connectivity index is 2.29. The van der Waals surface area contributed by atoms with E-state index in [0.717, 1.165) is 5.56 Å². The minimum absolute atomic E-state index is 0.284. The SMILES string of the molecule is O=C(NCc1ccc(Cl)cc1)NC[C@H](O)C(=O)O. The zero-order valence-electron chi connectivity index (χ0n) is 9.39. The highest BCUT2D eigenvalue weighted by molar-refractivity contribution is 6.30. The second-order valence-electron chi connectivity index (χ2n) is 3.54. The van der Waals surface area contributed by atoms with Gasteiger partial charge in [0.05, 0.1) is 6.54 Å². The second kappa shape index (κ2) is 6.83. The van der Waals surface area contributed by atoms with E-state index in [0.29, 0.717) is 5.02 Å². The lowest BCUT2D eigenvalue weighted by Gasteiger charge is -2.09. The van der Waals surface area contributed by atoms with Crippen molar-refractivity contribution in [1.82, 2.24) is 10.6 Å². The molecule has 1 aromatic rings. The van der Waals surface area contributed by atoms with Gasteiger partial charge in [0.25, 0.3) is 0 Å². The van der Waals surface area contributed by atoms with Gasteiger partial charge in [0.2, 0.25) is 0 Å². The summed E-state index contributed by atoms with van der Waals surface area (Å²) in [4.78, 5) is 21.5. The first-order valence-electron chi connectivity index (χ1n) is 5.16. The van der Waals surface area contributed by atoms with Gasteiger partial charge in [0, 0.05) is 11.6 Å². The molecule has 0 aliphatic rings. The summed E-state index contributed by atoms with van der Waals surface area (Å²) in [5.74, 6) is -1.38. The van der Waals surface area contributed by atoms with Crippen molar-refractivity contribution in [2.24, 2.45) is 0 Å². The Kier molecular flexibility index (Phi) is 5.41. The van der Waals surface area contributed by atoms with Gasteiger partial charge < -0.3 is 20.8 Å². The van der Waals surface area contributed by atoms with Crippen LogP contribution in [0, 0.1) is 0 Å². The maximum atomic E-state index is 11.3. The molecule has 0 spiro atoms. The first-order valence-corrected chi connectivity index (χ1v) is 5.54. The van der Waals surface area contributed by atoms with Crippen LogP contribution in [-0.2, 0) is 11.3 Å². The van der Waals surface area contributed by atoms with Crippen molar-refractivity contribution in [2.45, 2.75) is 12.6 Å². The number of aliphatic carboxylic acids is 1. The third kappa shape index (κ3) is 5.03. The summed E-state index contributed by atoms with van der Waals surface area (Å²) in [6, 6.07) is 6.36. The standard InChI is InChI=1S/C11H13ClN2O4/c12-8-3-1-7(2-4-8)5-13-11(18)14-6-9(15)10(16)17/h1-4,9,15H,5-6H2,(H,16,17)(H2,13,14,18)/t9-/m0/s1. The topological polar surface area (TPSA) is 98.7 Å². The lowest BCUT2D eigenvalue weighted by Crippen LogP contribution is -2.41. The predicted octanol–water partition coefficient (Wildman–Crippen LogP) is 0.585. The molecule has 0 aliphatic carbocycles. The van der Waals surface area contributed by atoms with Crippen LogP contribution in [0.3, 0.4) is 0 Å². The Bertz CT molecular complexity index is 422. The summed E-state index contributed by atoms with van der Waals surface area (Å²) in [7, 11) is 0. The molecule has 1 rings (SSSR count). The lowest BCUT2D eigenvalue weighted by atomic mass is 10.2. The fourth-order valence-electron chi connectivity index (χ4n) is 1.12. The number of carboxylic acid groups (broad SMARTS) is 1. The first kappa shape index (κ1) is 14.3. The van der Waals surface area contributed by atoms with Gasteiger partial charge in [0.1, 0.15) is 0 Å². The zero-order chi connectivity index (χ0) is 13.5. The van der Waals surface area contributed by atoms with E-state index in [1.807, 2.05) is 0 Å². The van der Waals surface area contributed by atoms with Crippen LogP contribution in [0.5, 0.6) is 0 Å². The Morgan fingerprint density at radius 2 is 1.83 bits per heavy atom. The van der Waals surface area contributed by atoms with Gasteiger partial charge in [0.15, 0.2) is 6.10 Å². The van der Waals surface area contributed by atoms with Crippen molar-refractivity contribution in [3.8, 4) is 0 Å². The number of amides is 2. The van der Waals surface area contributed by atoms with Crippen molar-refractivity contribution in [3.05, 3.63) is 34.9 Å². The maximum absolute atomic E-state index is 11.3. The van der Waals surface area contributed by atoms with Crippen molar-refractivity contribution in [1.29, 1.82) is 0 Å². The van der Waals surface area contributed by atoms with Crippen molar-refractivity contribution in [2.75, 3.05) is 6.54 Å². The van der Waals surface area contributed by atoms with Gasteiger partial charge >= 0.3 is 12.0 Å². The molecule has 0 aliphatic heterocycles. The fraction of sp³-hybridized carbons (Fsp3) is 0.273. The molecule has 0 saturated heterocycles. The minimum atomic E-state index is -1.61. The van der Waals surface area contributed by atoms with Gasteiger partial charge in [-0.25, -0.2) is 9.59 Å². The van der Waals surface area contributed by atoms with E-state index in [1.54, 1.807) is 24.3 Å². The van der Waals surface area contributed by atoms with E-state index in [4.69, 9.17) is 21.8 Å². The fourth-order valence-corrected chi connectivity index (χ4v) is 1.25.